The highest BCUT2D eigenvalue weighted by molar-refractivity contribution is 6.07. The summed E-state index contributed by atoms with van der Waals surface area (Å²) in [6.07, 6.45) is 3.95. The number of para-hydroxylation sites is 2. The Hall–Kier alpha value is -4.00. The molecule has 0 saturated carbocycles. The maximum absolute atomic E-state index is 13.9. The number of nitrogens with zero attached hydrogens (tertiary/aromatic N) is 3. The number of benzene rings is 3. The highest BCUT2D eigenvalue weighted by Gasteiger charge is 2.38. The van der Waals surface area contributed by atoms with Crippen molar-refractivity contribution in [2.45, 2.75) is 58.0 Å². The largest absolute Gasteiger partial charge is 0.309 e. The fourth-order valence-electron chi connectivity index (χ4n) is 4.97. The van der Waals surface area contributed by atoms with Gasteiger partial charge in [-0.1, -0.05) is 62.2 Å². The van der Waals surface area contributed by atoms with Crippen LogP contribution in [0.15, 0.2) is 78.9 Å². The van der Waals surface area contributed by atoms with Crippen molar-refractivity contribution >= 4 is 28.9 Å². The molecule has 0 N–H and O–H groups in total. The zero-order valence-electron chi connectivity index (χ0n) is 20.7. The Morgan fingerprint density at radius 2 is 1.72 bits per heavy atom. The molecule has 0 aliphatic carbocycles. The minimum Gasteiger partial charge on any atom is -0.309 e. The Balaban J connectivity index is 1.77. The number of carbonyl (C=O) groups excluding carboxylic acids is 2. The van der Waals surface area contributed by atoms with Gasteiger partial charge in [0, 0.05) is 41.5 Å². The van der Waals surface area contributed by atoms with E-state index in [-0.39, 0.29) is 35.1 Å². The summed E-state index contributed by atoms with van der Waals surface area (Å²) in [6, 6.07) is 22.5. The zero-order valence-corrected chi connectivity index (χ0v) is 20.7. The molecule has 3 aromatic carbocycles. The van der Waals surface area contributed by atoms with E-state index in [1.165, 1.54) is 18.2 Å². The number of carbonyl (C=O) groups is 2. The molecule has 0 aromatic heterocycles. The fourth-order valence-corrected chi connectivity index (χ4v) is 4.97. The van der Waals surface area contributed by atoms with Crippen molar-refractivity contribution in [3.8, 4) is 0 Å². The summed E-state index contributed by atoms with van der Waals surface area (Å²) < 4.78 is 0. The smallest absolute Gasteiger partial charge is 0.270 e. The van der Waals surface area contributed by atoms with Crippen LogP contribution in [-0.2, 0) is 4.79 Å². The lowest BCUT2D eigenvalue weighted by Crippen LogP contribution is -2.47. The second-order valence-corrected chi connectivity index (χ2v) is 9.20. The molecule has 2 amide bonds. The molecule has 36 heavy (non-hydrogen) atoms. The Labute approximate surface area is 211 Å². The van der Waals surface area contributed by atoms with Crippen molar-refractivity contribution < 1.29 is 14.5 Å². The predicted molar refractivity (Wildman–Crippen MR) is 141 cm³/mol. The molecular formula is C29H31N3O4. The molecule has 2 unspecified atom stereocenters. The first-order chi connectivity index (χ1) is 17.4. The topological polar surface area (TPSA) is 83.8 Å². The molecule has 7 nitrogen and oxygen atoms in total. The molecule has 4 rings (SSSR count). The van der Waals surface area contributed by atoms with E-state index in [9.17, 15) is 19.7 Å². The third-order valence-electron chi connectivity index (χ3n) is 6.69. The molecule has 3 aromatic rings. The molecular weight excluding hydrogens is 454 g/mol. The number of rotatable bonds is 8. The molecule has 0 fully saturated rings. The van der Waals surface area contributed by atoms with Crippen LogP contribution >= 0.6 is 0 Å². The molecule has 0 spiro atoms. The first-order valence-corrected chi connectivity index (χ1v) is 12.5. The summed E-state index contributed by atoms with van der Waals surface area (Å²) >= 11 is 0. The molecule has 1 aliphatic rings. The van der Waals surface area contributed by atoms with E-state index < -0.39 is 4.92 Å². The van der Waals surface area contributed by atoms with Gasteiger partial charge in [-0.25, -0.2) is 0 Å². The van der Waals surface area contributed by atoms with E-state index in [2.05, 4.69) is 6.92 Å². The van der Waals surface area contributed by atoms with E-state index in [0.29, 0.717) is 18.5 Å². The lowest BCUT2D eigenvalue weighted by molar-refractivity contribution is -0.384. The summed E-state index contributed by atoms with van der Waals surface area (Å²) in [5.74, 6) is -0.224. The molecule has 0 radical (unpaired) electrons. The molecule has 1 aliphatic heterocycles. The number of anilines is 2. The molecule has 0 saturated heterocycles. The second-order valence-electron chi connectivity index (χ2n) is 9.20. The van der Waals surface area contributed by atoms with Crippen LogP contribution in [0.3, 0.4) is 0 Å². The quantitative estimate of drug-likeness (QED) is 0.202. The lowest BCUT2D eigenvalue weighted by Gasteiger charge is -2.43. The predicted octanol–water partition coefficient (Wildman–Crippen LogP) is 6.69. The highest BCUT2D eigenvalue weighted by Crippen LogP contribution is 2.43. The van der Waals surface area contributed by atoms with Gasteiger partial charge in [0.25, 0.3) is 11.6 Å². The Morgan fingerprint density at radius 3 is 2.44 bits per heavy atom. The van der Waals surface area contributed by atoms with Crippen LogP contribution in [0, 0.1) is 10.1 Å². The van der Waals surface area contributed by atoms with E-state index in [0.717, 1.165) is 30.5 Å². The normalized spacial score (nSPS) is 16.8. The van der Waals surface area contributed by atoms with Crippen LogP contribution in [0.4, 0.5) is 17.1 Å². The first kappa shape index (κ1) is 25.1. The van der Waals surface area contributed by atoms with Gasteiger partial charge in [0.2, 0.25) is 5.91 Å². The van der Waals surface area contributed by atoms with Crippen LogP contribution < -0.4 is 9.80 Å². The third-order valence-corrected chi connectivity index (χ3v) is 6.69. The van der Waals surface area contributed by atoms with E-state index >= 15 is 0 Å². The molecule has 2 atom stereocenters. The van der Waals surface area contributed by atoms with Gasteiger partial charge in [0.05, 0.1) is 11.0 Å². The number of hydrogen-bond acceptors (Lipinski definition) is 4. The SMILES string of the molecule is CCCCCC(=O)N1c2ccccc2C(N(C(=O)c2cccc([N+](=O)[O-])c2)c2ccccc2)CC1C. The van der Waals surface area contributed by atoms with Crippen LogP contribution in [-0.4, -0.2) is 22.8 Å². The fraction of sp³-hybridized carbons (Fsp3) is 0.310. The number of hydrogen-bond donors (Lipinski definition) is 0. The highest BCUT2D eigenvalue weighted by atomic mass is 16.6. The van der Waals surface area contributed by atoms with Crippen molar-refractivity contribution in [2.75, 3.05) is 9.80 Å². The van der Waals surface area contributed by atoms with Crippen molar-refractivity contribution in [2.24, 2.45) is 0 Å². The van der Waals surface area contributed by atoms with Crippen molar-refractivity contribution in [3.05, 3.63) is 100 Å². The van der Waals surface area contributed by atoms with Gasteiger partial charge in [0.15, 0.2) is 0 Å². The standard InChI is InChI=1S/C29H31N3O4/c1-3-4-6-18-28(33)30-21(2)19-27(25-16-9-10-17-26(25)30)31(23-13-7-5-8-14-23)29(34)22-12-11-15-24(20-22)32(35)36/h5,7-17,20-21,27H,3-4,6,18-19H2,1-2H3. The summed E-state index contributed by atoms with van der Waals surface area (Å²) in [5, 5.41) is 11.4. The molecule has 0 bridgehead atoms. The average molecular weight is 486 g/mol. The van der Waals surface area contributed by atoms with Gasteiger partial charge in [-0.05, 0) is 49.6 Å². The minimum atomic E-state index is -0.496. The first-order valence-electron chi connectivity index (χ1n) is 12.5. The Morgan fingerprint density at radius 1 is 1.00 bits per heavy atom. The summed E-state index contributed by atoms with van der Waals surface area (Å²) in [4.78, 5) is 41.6. The average Bonchev–Trinajstić information content (AvgIpc) is 2.89. The number of nitro benzene ring substituents is 1. The molecule has 186 valence electrons. The Bertz CT molecular complexity index is 1240. The van der Waals surface area contributed by atoms with Gasteiger partial charge in [-0.2, -0.15) is 0 Å². The van der Waals surface area contributed by atoms with Crippen LogP contribution in [0.2, 0.25) is 0 Å². The van der Waals surface area contributed by atoms with Crippen LogP contribution in [0.5, 0.6) is 0 Å². The Kier molecular flexibility index (Phi) is 7.78. The van der Waals surface area contributed by atoms with E-state index in [4.69, 9.17) is 0 Å². The summed E-state index contributed by atoms with van der Waals surface area (Å²) in [6.45, 7) is 4.13. The summed E-state index contributed by atoms with van der Waals surface area (Å²) in [5.41, 5.74) is 2.52. The maximum Gasteiger partial charge on any atom is 0.270 e. The minimum absolute atomic E-state index is 0.0955. The lowest BCUT2D eigenvalue weighted by atomic mass is 9.89. The van der Waals surface area contributed by atoms with E-state index in [1.807, 2.05) is 66.4 Å². The zero-order chi connectivity index (χ0) is 25.7. The number of amides is 2. The number of fused-ring (bicyclic) bond motifs is 1. The van der Waals surface area contributed by atoms with Gasteiger partial charge in [-0.15, -0.1) is 0 Å². The van der Waals surface area contributed by atoms with Crippen molar-refractivity contribution in [1.82, 2.24) is 0 Å². The monoisotopic (exact) mass is 485 g/mol. The summed E-state index contributed by atoms with van der Waals surface area (Å²) in [7, 11) is 0. The van der Waals surface area contributed by atoms with Crippen LogP contribution in [0.25, 0.3) is 0 Å². The number of nitro groups is 1. The van der Waals surface area contributed by atoms with Gasteiger partial charge < -0.3 is 9.80 Å². The number of non-ortho nitro benzene ring substituents is 1. The maximum atomic E-state index is 13.9. The molecule has 7 heteroatoms. The number of unbranched alkanes of at least 4 members (excludes halogenated alkanes) is 2. The van der Waals surface area contributed by atoms with Crippen molar-refractivity contribution in [1.29, 1.82) is 0 Å². The van der Waals surface area contributed by atoms with Gasteiger partial charge in [0.1, 0.15) is 0 Å². The molecule has 1 heterocycles. The van der Waals surface area contributed by atoms with E-state index in [1.54, 1.807) is 11.0 Å². The van der Waals surface area contributed by atoms with Gasteiger partial charge in [-0.3, -0.25) is 19.7 Å². The van der Waals surface area contributed by atoms with Crippen LogP contribution in [0.1, 0.15) is 67.9 Å². The third kappa shape index (κ3) is 5.15. The van der Waals surface area contributed by atoms with Crippen molar-refractivity contribution in [3.63, 3.8) is 0 Å². The second kappa shape index (κ2) is 11.2. The van der Waals surface area contributed by atoms with Gasteiger partial charge >= 0.3 is 0 Å².